The molecule has 3 aromatic rings. The van der Waals surface area contributed by atoms with Gasteiger partial charge >= 0.3 is 0 Å². The minimum Gasteiger partial charge on any atom is -0.495 e. The molecule has 4 rings (SSSR count). The van der Waals surface area contributed by atoms with Gasteiger partial charge in [0.25, 0.3) is 0 Å². The first-order valence-electron chi connectivity index (χ1n) is 8.92. The third-order valence-corrected chi connectivity index (χ3v) is 5.20. The molecule has 0 spiro atoms. The van der Waals surface area contributed by atoms with Gasteiger partial charge < -0.3 is 14.5 Å². The van der Waals surface area contributed by atoms with E-state index in [1.54, 1.807) is 11.8 Å². The quantitative estimate of drug-likeness (QED) is 0.693. The maximum absolute atomic E-state index is 12.6. The second-order valence-corrected chi connectivity index (χ2v) is 6.98. The molecule has 0 N–H and O–H groups in total. The Bertz CT molecular complexity index is 931. The first kappa shape index (κ1) is 17.7. The summed E-state index contributed by atoms with van der Waals surface area (Å²) >= 11 is 6.10. The Morgan fingerprint density at radius 3 is 2.67 bits per heavy atom. The fourth-order valence-electron chi connectivity index (χ4n) is 3.39. The van der Waals surface area contributed by atoms with Gasteiger partial charge in [0.05, 0.1) is 17.6 Å². The number of fused-ring (bicyclic) bond motifs is 1. The van der Waals surface area contributed by atoms with Crippen LogP contribution in [0.5, 0.6) is 5.75 Å². The summed E-state index contributed by atoms with van der Waals surface area (Å²) in [7, 11) is 1.61. The third-order valence-electron chi connectivity index (χ3n) is 4.89. The lowest BCUT2D eigenvalue weighted by atomic mass is 10.2. The van der Waals surface area contributed by atoms with Crippen LogP contribution in [0.4, 0.5) is 5.69 Å². The first-order valence-corrected chi connectivity index (χ1v) is 9.30. The van der Waals surface area contributed by atoms with Crippen LogP contribution in [0.2, 0.25) is 5.02 Å². The highest BCUT2D eigenvalue weighted by atomic mass is 35.5. The van der Waals surface area contributed by atoms with Crippen molar-refractivity contribution in [2.45, 2.75) is 6.54 Å². The fraction of sp³-hybridized carbons (Fsp3) is 0.300. The Morgan fingerprint density at radius 2 is 1.93 bits per heavy atom. The van der Waals surface area contributed by atoms with Crippen LogP contribution in [0.15, 0.2) is 48.7 Å². The standard InChI is InChI=1S/C20H21ClN4O2/c1-27-19-12-16(6-7-17(19)21)23-8-10-24(11-9-23)20(26)14-25-13-15-4-2-3-5-18(15)22-25/h2-7,12-13H,8-11,14H2,1H3. The van der Waals surface area contributed by atoms with Gasteiger partial charge in [0.1, 0.15) is 12.3 Å². The maximum atomic E-state index is 12.6. The molecule has 2 heterocycles. The van der Waals surface area contributed by atoms with E-state index in [9.17, 15) is 4.79 Å². The average Bonchev–Trinajstić information content (AvgIpc) is 3.10. The molecule has 6 nitrogen and oxygen atoms in total. The summed E-state index contributed by atoms with van der Waals surface area (Å²) in [5.74, 6) is 0.759. The number of methoxy groups -OCH3 is 1. The van der Waals surface area contributed by atoms with Crippen LogP contribution in [0.25, 0.3) is 10.9 Å². The minimum absolute atomic E-state index is 0.0937. The molecule has 0 unspecified atom stereocenters. The molecule has 1 amide bonds. The zero-order chi connectivity index (χ0) is 18.8. The summed E-state index contributed by atoms with van der Waals surface area (Å²) in [4.78, 5) is 16.8. The second kappa shape index (κ2) is 7.48. The van der Waals surface area contributed by atoms with Crippen molar-refractivity contribution in [3.8, 4) is 5.75 Å². The monoisotopic (exact) mass is 384 g/mol. The van der Waals surface area contributed by atoms with Crippen LogP contribution in [0.1, 0.15) is 0 Å². The second-order valence-electron chi connectivity index (χ2n) is 6.57. The highest BCUT2D eigenvalue weighted by Crippen LogP contribution is 2.29. The topological polar surface area (TPSA) is 50.6 Å². The predicted octanol–water partition coefficient (Wildman–Crippen LogP) is 3.05. The van der Waals surface area contributed by atoms with Crippen LogP contribution < -0.4 is 9.64 Å². The molecular formula is C20H21ClN4O2. The van der Waals surface area contributed by atoms with Gasteiger partial charge in [0, 0.05) is 49.5 Å². The minimum atomic E-state index is 0.0937. The van der Waals surface area contributed by atoms with Crippen LogP contribution in [0, 0.1) is 0 Å². The summed E-state index contributed by atoms with van der Waals surface area (Å²) in [6.07, 6.45) is 1.92. The first-order chi connectivity index (χ1) is 13.1. The molecule has 1 aliphatic rings. The molecule has 2 aromatic carbocycles. The molecule has 1 saturated heterocycles. The van der Waals surface area contributed by atoms with Gasteiger partial charge in [-0.3, -0.25) is 9.48 Å². The molecule has 0 saturated carbocycles. The molecule has 0 aliphatic carbocycles. The van der Waals surface area contributed by atoms with Crippen LogP contribution in [0.3, 0.4) is 0 Å². The van der Waals surface area contributed by atoms with Gasteiger partial charge in [-0.05, 0) is 18.2 Å². The van der Waals surface area contributed by atoms with E-state index >= 15 is 0 Å². The van der Waals surface area contributed by atoms with Gasteiger partial charge in [0.2, 0.25) is 5.91 Å². The maximum Gasteiger partial charge on any atom is 0.244 e. The largest absolute Gasteiger partial charge is 0.495 e. The number of ether oxygens (including phenoxy) is 1. The molecule has 1 aliphatic heterocycles. The zero-order valence-electron chi connectivity index (χ0n) is 15.1. The molecule has 0 bridgehead atoms. The Hall–Kier alpha value is -2.73. The SMILES string of the molecule is COc1cc(N2CCN(C(=O)Cn3cc4ccccc4n3)CC2)ccc1Cl. The van der Waals surface area contributed by atoms with Crippen LogP contribution in [-0.2, 0) is 11.3 Å². The number of rotatable bonds is 4. The van der Waals surface area contributed by atoms with Crippen LogP contribution in [-0.4, -0.2) is 53.9 Å². The van der Waals surface area contributed by atoms with Crippen molar-refractivity contribution in [1.29, 1.82) is 0 Å². The van der Waals surface area contributed by atoms with Gasteiger partial charge in [-0.2, -0.15) is 5.10 Å². The lowest BCUT2D eigenvalue weighted by Gasteiger charge is -2.36. The number of aromatic nitrogens is 2. The Balaban J connectivity index is 1.37. The number of hydrogen-bond donors (Lipinski definition) is 0. The summed E-state index contributed by atoms with van der Waals surface area (Å²) in [6, 6.07) is 13.6. The summed E-state index contributed by atoms with van der Waals surface area (Å²) in [5, 5.41) is 6.12. The van der Waals surface area contributed by atoms with Gasteiger partial charge in [-0.15, -0.1) is 0 Å². The zero-order valence-corrected chi connectivity index (χ0v) is 15.9. The molecule has 27 heavy (non-hydrogen) atoms. The Labute approximate surface area is 162 Å². The molecular weight excluding hydrogens is 364 g/mol. The van der Waals surface area contributed by atoms with Crippen LogP contribution >= 0.6 is 11.6 Å². The van der Waals surface area contributed by atoms with E-state index in [2.05, 4.69) is 10.00 Å². The molecule has 7 heteroatoms. The van der Waals surface area contributed by atoms with E-state index in [1.165, 1.54) is 0 Å². The van der Waals surface area contributed by atoms with Crippen molar-refractivity contribution in [1.82, 2.24) is 14.7 Å². The Morgan fingerprint density at radius 1 is 1.15 bits per heavy atom. The fourth-order valence-corrected chi connectivity index (χ4v) is 3.59. The van der Waals surface area contributed by atoms with E-state index in [0.29, 0.717) is 23.9 Å². The number of benzene rings is 2. The van der Waals surface area contributed by atoms with E-state index in [0.717, 1.165) is 29.7 Å². The lowest BCUT2D eigenvalue weighted by Crippen LogP contribution is -2.49. The van der Waals surface area contributed by atoms with Crippen molar-refractivity contribution in [2.24, 2.45) is 0 Å². The van der Waals surface area contributed by atoms with Gasteiger partial charge in [-0.25, -0.2) is 0 Å². The third kappa shape index (κ3) is 3.71. The average molecular weight is 385 g/mol. The number of anilines is 1. The highest BCUT2D eigenvalue weighted by Gasteiger charge is 2.22. The molecule has 0 radical (unpaired) electrons. The number of halogens is 1. The van der Waals surface area contributed by atoms with Gasteiger partial charge in [-0.1, -0.05) is 29.8 Å². The van der Waals surface area contributed by atoms with E-state index < -0.39 is 0 Å². The molecule has 0 atom stereocenters. The smallest absolute Gasteiger partial charge is 0.244 e. The number of carbonyl (C=O) groups excluding carboxylic acids is 1. The van der Waals surface area contributed by atoms with E-state index in [4.69, 9.17) is 16.3 Å². The van der Waals surface area contributed by atoms with Gasteiger partial charge in [0.15, 0.2) is 0 Å². The number of carbonyl (C=O) groups is 1. The van der Waals surface area contributed by atoms with Crippen molar-refractivity contribution in [2.75, 3.05) is 38.2 Å². The number of nitrogens with zero attached hydrogens (tertiary/aromatic N) is 4. The molecule has 1 fully saturated rings. The van der Waals surface area contributed by atoms with Crippen molar-refractivity contribution < 1.29 is 9.53 Å². The predicted molar refractivity (Wildman–Crippen MR) is 107 cm³/mol. The lowest BCUT2D eigenvalue weighted by molar-refractivity contribution is -0.132. The summed E-state index contributed by atoms with van der Waals surface area (Å²) < 4.78 is 7.02. The summed E-state index contributed by atoms with van der Waals surface area (Å²) in [5.41, 5.74) is 1.97. The van der Waals surface area contributed by atoms with Crippen molar-refractivity contribution in [3.63, 3.8) is 0 Å². The summed E-state index contributed by atoms with van der Waals surface area (Å²) in [6.45, 7) is 3.19. The number of amides is 1. The molecule has 1 aromatic heterocycles. The van der Waals surface area contributed by atoms with E-state index in [-0.39, 0.29) is 12.5 Å². The van der Waals surface area contributed by atoms with E-state index in [1.807, 2.05) is 53.6 Å². The van der Waals surface area contributed by atoms with Crippen molar-refractivity contribution >= 4 is 34.1 Å². The highest BCUT2D eigenvalue weighted by molar-refractivity contribution is 6.32. The Kier molecular flexibility index (Phi) is 4.90. The normalized spacial score (nSPS) is 14.6. The van der Waals surface area contributed by atoms with Crippen molar-refractivity contribution in [3.05, 3.63) is 53.7 Å². The molecule has 140 valence electrons. The number of piperazine rings is 1. The number of hydrogen-bond acceptors (Lipinski definition) is 4.